The van der Waals surface area contributed by atoms with Gasteiger partial charge in [-0.05, 0) is 50.3 Å². The first-order chi connectivity index (χ1) is 8.33. The summed E-state index contributed by atoms with van der Waals surface area (Å²) in [5, 5.41) is 8.56. The van der Waals surface area contributed by atoms with Gasteiger partial charge >= 0.3 is 0 Å². The van der Waals surface area contributed by atoms with Crippen LogP contribution in [0.1, 0.15) is 37.8 Å². The molecule has 2 atom stereocenters. The minimum Gasteiger partial charge on any atom is -0.294 e. The summed E-state index contributed by atoms with van der Waals surface area (Å²) in [5.74, 6) is 0.934. The number of halogens is 1. The second-order valence-corrected chi connectivity index (χ2v) is 5.61. The van der Waals surface area contributed by atoms with Crippen molar-refractivity contribution in [3.8, 4) is 0 Å². The first-order valence-electron chi connectivity index (χ1n) is 6.55. The number of fused-ring (bicyclic) bond motifs is 1. The maximum Gasteiger partial charge on any atom is 0.151 e. The topological polar surface area (TPSA) is 29.0 Å². The molecule has 0 radical (unpaired) electrons. The molecule has 4 heteroatoms. The van der Waals surface area contributed by atoms with Crippen molar-refractivity contribution in [2.45, 2.75) is 44.7 Å². The van der Waals surface area contributed by atoms with Gasteiger partial charge in [0.1, 0.15) is 0 Å². The van der Waals surface area contributed by atoms with E-state index in [0.29, 0.717) is 5.15 Å². The molecule has 0 bridgehead atoms. The van der Waals surface area contributed by atoms with Gasteiger partial charge in [0.2, 0.25) is 0 Å². The van der Waals surface area contributed by atoms with Crippen molar-refractivity contribution in [3.63, 3.8) is 0 Å². The molecule has 2 fully saturated rings. The Balaban J connectivity index is 1.69. The molecule has 1 aromatic rings. The average molecular weight is 252 g/mol. The Bertz CT molecular complexity index is 379. The molecule has 3 rings (SSSR count). The Morgan fingerprint density at radius 3 is 2.88 bits per heavy atom. The third-order valence-corrected chi connectivity index (χ3v) is 4.36. The smallest absolute Gasteiger partial charge is 0.151 e. The van der Waals surface area contributed by atoms with Crippen LogP contribution in [-0.2, 0) is 6.54 Å². The molecule has 1 aliphatic carbocycles. The SMILES string of the molecule is Clc1ccc(CN2CCCC3CCCC32)nn1. The van der Waals surface area contributed by atoms with Crippen molar-refractivity contribution >= 4 is 11.6 Å². The number of nitrogens with zero attached hydrogens (tertiary/aromatic N) is 3. The van der Waals surface area contributed by atoms with Crippen molar-refractivity contribution < 1.29 is 0 Å². The zero-order valence-corrected chi connectivity index (χ0v) is 10.7. The number of piperidine rings is 1. The van der Waals surface area contributed by atoms with Gasteiger partial charge in [0.15, 0.2) is 5.15 Å². The summed E-state index contributed by atoms with van der Waals surface area (Å²) < 4.78 is 0. The third-order valence-electron chi connectivity index (χ3n) is 4.16. The monoisotopic (exact) mass is 251 g/mol. The van der Waals surface area contributed by atoms with Crippen LogP contribution in [0.25, 0.3) is 0 Å². The van der Waals surface area contributed by atoms with E-state index >= 15 is 0 Å². The molecule has 1 saturated carbocycles. The van der Waals surface area contributed by atoms with Gasteiger partial charge < -0.3 is 0 Å². The highest BCUT2D eigenvalue weighted by molar-refractivity contribution is 6.29. The summed E-state index contributed by atoms with van der Waals surface area (Å²) in [6, 6.07) is 4.62. The van der Waals surface area contributed by atoms with E-state index in [2.05, 4.69) is 15.1 Å². The van der Waals surface area contributed by atoms with E-state index in [4.69, 9.17) is 11.6 Å². The van der Waals surface area contributed by atoms with E-state index in [1.165, 1.54) is 38.6 Å². The lowest BCUT2D eigenvalue weighted by atomic mass is 9.92. The van der Waals surface area contributed by atoms with Crippen molar-refractivity contribution in [3.05, 3.63) is 23.0 Å². The number of hydrogen-bond donors (Lipinski definition) is 0. The zero-order valence-electron chi connectivity index (χ0n) is 9.98. The van der Waals surface area contributed by atoms with Crippen molar-refractivity contribution in [1.29, 1.82) is 0 Å². The van der Waals surface area contributed by atoms with E-state index < -0.39 is 0 Å². The summed E-state index contributed by atoms with van der Waals surface area (Å²) in [7, 11) is 0. The number of aromatic nitrogens is 2. The molecule has 0 N–H and O–H groups in total. The number of rotatable bonds is 2. The molecule has 1 aliphatic heterocycles. The van der Waals surface area contributed by atoms with Gasteiger partial charge in [0.05, 0.1) is 5.69 Å². The van der Waals surface area contributed by atoms with Crippen molar-refractivity contribution in [1.82, 2.24) is 15.1 Å². The molecule has 17 heavy (non-hydrogen) atoms. The lowest BCUT2D eigenvalue weighted by Gasteiger charge is -2.37. The number of hydrogen-bond acceptors (Lipinski definition) is 3. The maximum atomic E-state index is 5.76. The molecule has 1 saturated heterocycles. The second kappa shape index (κ2) is 4.91. The molecule has 2 heterocycles. The van der Waals surface area contributed by atoms with Gasteiger partial charge in [-0.3, -0.25) is 4.90 Å². The summed E-state index contributed by atoms with van der Waals surface area (Å²) in [6.45, 7) is 2.15. The Kier molecular flexibility index (Phi) is 3.30. The van der Waals surface area contributed by atoms with Crippen LogP contribution in [0.3, 0.4) is 0 Å². The lowest BCUT2D eigenvalue weighted by Crippen LogP contribution is -2.42. The van der Waals surface area contributed by atoms with E-state index in [0.717, 1.165) is 24.2 Å². The molecule has 1 aromatic heterocycles. The van der Waals surface area contributed by atoms with Gasteiger partial charge in [-0.15, -0.1) is 5.10 Å². The zero-order chi connectivity index (χ0) is 11.7. The Morgan fingerprint density at radius 2 is 2.06 bits per heavy atom. The fourth-order valence-corrected chi connectivity index (χ4v) is 3.49. The molecular weight excluding hydrogens is 234 g/mol. The van der Waals surface area contributed by atoms with E-state index in [-0.39, 0.29) is 0 Å². The van der Waals surface area contributed by atoms with Crippen LogP contribution >= 0.6 is 11.6 Å². The largest absolute Gasteiger partial charge is 0.294 e. The first-order valence-corrected chi connectivity index (χ1v) is 6.93. The van der Waals surface area contributed by atoms with Crippen LogP contribution < -0.4 is 0 Å². The van der Waals surface area contributed by atoms with Crippen LogP contribution in [0.4, 0.5) is 0 Å². The summed E-state index contributed by atoms with van der Waals surface area (Å²) >= 11 is 5.76. The van der Waals surface area contributed by atoms with Crippen molar-refractivity contribution in [2.75, 3.05) is 6.54 Å². The van der Waals surface area contributed by atoms with Gasteiger partial charge in [-0.2, -0.15) is 5.10 Å². The third kappa shape index (κ3) is 2.45. The van der Waals surface area contributed by atoms with Crippen LogP contribution in [0.2, 0.25) is 5.15 Å². The molecular formula is C13H18ClN3. The highest BCUT2D eigenvalue weighted by Crippen LogP contribution is 2.37. The van der Waals surface area contributed by atoms with Crippen LogP contribution in [0.5, 0.6) is 0 Å². The molecule has 92 valence electrons. The van der Waals surface area contributed by atoms with Crippen LogP contribution in [0.15, 0.2) is 12.1 Å². The molecule has 0 spiro atoms. The minimum atomic E-state index is 0.478. The van der Waals surface area contributed by atoms with Gasteiger partial charge in [0, 0.05) is 12.6 Å². The standard InChI is InChI=1S/C13H18ClN3/c14-13-7-6-11(15-16-13)9-17-8-2-4-10-3-1-5-12(10)17/h6-7,10,12H,1-5,8-9H2. The normalized spacial score (nSPS) is 29.2. The van der Waals surface area contributed by atoms with E-state index in [1.54, 1.807) is 0 Å². The predicted octanol–water partition coefficient (Wildman–Crippen LogP) is 2.89. The van der Waals surface area contributed by atoms with Crippen molar-refractivity contribution in [2.24, 2.45) is 5.92 Å². The maximum absolute atomic E-state index is 5.76. The molecule has 2 unspecified atom stereocenters. The fraction of sp³-hybridized carbons (Fsp3) is 0.692. The van der Waals surface area contributed by atoms with Crippen LogP contribution in [0, 0.1) is 5.92 Å². The molecule has 0 aromatic carbocycles. The van der Waals surface area contributed by atoms with Gasteiger partial charge in [0.25, 0.3) is 0 Å². The summed E-state index contributed by atoms with van der Waals surface area (Å²) in [4.78, 5) is 2.60. The van der Waals surface area contributed by atoms with Gasteiger partial charge in [-0.1, -0.05) is 18.0 Å². The molecule has 0 amide bonds. The molecule has 3 nitrogen and oxygen atoms in total. The highest BCUT2D eigenvalue weighted by Gasteiger charge is 2.34. The van der Waals surface area contributed by atoms with E-state index in [1.807, 2.05) is 12.1 Å². The lowest BCUT2D eigenvalue weighted by molar-refractivity contribution is 0.104. The second-order valence-electron chi connectivity index (χ2n) is 5.22. The molecule has 2 aliphatic rings. The highest BCUT2D eigenvalue weighted by atomic mass is 35.5. The van der Waals surface area contributed by atoms with Crippen LogP contribution in [-0.4, -0.2) is 27.7 Å². The minimum absolute atomic E-state index is 0.478. The summed E-state index contributed by atoms with van der Waals surface area (Å²) in [6.07, 6.45) is 6.95. The predicted molar refractivity (Wildman–Crippen MR) is 67.8 cm³/mol. The van der Waals surface area contributed by atoms with Gasteiger partial charge in [-0.25, -0.2) is 0 Å². The Labute approximate surface area is 107 Å². The quantitative estimate of drug-likeness (QED) is 0.809. The first kappa shape index (κ1) is 11.4. The summed E-state index contributed by atoms with van der Waals surface area (Å²) in [5.41, 5.74) is 1.04. The fourth-order valence-electron chi connectivity index (χ4n) is 3.39. The Morgan fingerprint density at radius 1 is 1.18 bits per heavy atom. The number of likely N-dealkylation sites (tertiary alicyclic amines) is 1. The Hall–Kier alpha value is -0.670. The van der Waals surface area contributed by atoms with E-state index in [9.17, 15) is 0 Å². The average Bonchev–Trinajstić information content (AvgIpc) is 2.81.